The van der Waals surface area contributed by atoms with E-state index < -0.39 is 30.7 Å². The van der Waals surface area contributed by atoms with Crippen molar-refractivity contribution in [2.75, 3.05) is 27.1 Å². The van der Waals surface area contributed by atoms with Gasteiger partial charge in [-0.05, 0) is 31.2 Å². The van der Waals surface area contributed by atoms with E-state index in [1.54, 1.807) is 0 Å². The van der Waals surface area contributed by atoms with E-state index in [1.165, 1.54) is 31.9 Å². The number of hydrogen-bond acceptors (Lipinski definition) is 9. The number of pyridine rings is 1. The summed E-state index contributed by atoms with van der Waals surface area (Å²) in [4.78, 5) is 41.7. The van der Waals surface area contributed by atoms with Crippen molar-refractivity contribution in [2.45, 2.75) is 58.6 Å². The van der Waals surface area contributed by atoms with Crippen molar-refractivity contribution < 1.29 is 38.1 Å². The summed E-state index contributed by atoms with van der Waals surface area (Å²) in [7, 11) is 1.40. The van der Waals surface area contributed by atoms with Gasteiger partial charge in [-0.1, -0.05) is 50.1 Å². The molecule has 0 unspecified atom stereocenters. The summed E-state index contributed by atoms with van der Waals surface area (Å²) in [6, 6.07) is 10.6. The van der Waals surface area contributed by atoms with Crippen molar-refractivity contribution in [2.24, 2.45) is 11.8 Å². The van der Waals surface area contributed by atoms with Crippen molar-refractivity contribution >= 4 is 17.8 Å². The van der Waals surface area contributed by atoms with Crippen LogP contribution in [0.2, 0.25) is 0 Å². The number of hydrogen-bond donors (Lipinski definition) is 1. The van der Waals surface area contributed by atoms with Crippen LogP contribution in [0.15, 0.2) is 42.6 Å². The van der Waals surface area contributed by atoms with Crippen LogP contribution in [-0.2, 0) is 30.2 Å². The summed E-state index contributed by atoms with van der Waals surface area (Å²) in [5.74, 6) is -1.39. The van der Waals surface area contributed by atoms with Crippen molar-refractivity contribution in [3.8, 4) is 11.5 Å². The normalized spacial score (nSPS) is 21.5. The Bertz CT molecular complexity index is 1090. The quantitative estimate of drug-likeness (QED) is 0.334. The predicted molar refractivity (Wildman–Crippen MR) is 142 cm³/mol. The van der Waals surface area contributed by atoms with E-state index in [9.17, 15) is 14.4 Å². The molecule has 0 saturated carbocycles. The van der Waals surface area contributed by atoms with Gasteiger partial charge >= 0.3 is 11.9 Å². The van der Waals surface area contributed by atoms with Gasteiger partial charge in [0.1, 0.15) is 6.10 Å². The SMILES string of the molecule is CCCC[C@@H]1[C@@H](Cc2ccccc2)COC[C@H](NC(=O)c2nccc(OC)c2OCOC(C)=O)C(=O)O[C@H]1C. The Kier molecular flexibility index (Phi) is 11.5. The van der Waals surface area contributed by atoms with Gasteiger partial charge < -0.3 is 29.0 Å². The fraction of sp³-hybridized carbons (Fsp3) is 0.517. The minimum atomic E-state index is -1.06. The monoisotopic (exact) mass is 542 g/mol. The average Bonchev–Trinajstić information content (AvgIpc) is 2.96. The van der Waals surface area contributed by atoms with E-state index in [0.717, 1.165) is 25.7 Å². The molecule has 1 amide bonds. The highest BCUT2D eigenvalue weighted by atomic mass is 16.7. The lowest BCUT2D eigenvalue weighted by atomic mass is 9.81. The van der Waals surface area contributed by atoms with E-state index in [1.807, 2.05) is 25.1 Å². The first-order valence-electron chi connectivity index (χ1n) is 13.3. The van der Waals surface area contributed by atoms with Crippen LogP contribution >= 0.6 is 0 Å². The van der Waals surface area contributed by atoms with E-state index in [-0.39, 0.29) is 41.7 Å². The zero-order chi connectivity index (χ0) is 28.2. The molecule has 2 heterocycles. The topological polar surface area (TPSA) is 122 Å². The Balaban J connectivity index is 1.77. The fourth-order valence-corrected chi connectivity index (χ4v) is 4.69. The Hall–Kier alpha value is -3.66. The number of carbonyl (C=O) groups is 3. The van der Waals surface area contributed by atoms with E-state index in [4.69, 9.17) is 23.7 Å². The van der Waals surface area contributed by atoms with E-state index in [0.29, 0.717) is 6.61 Å². The van der Waals surface area contributed by atoms with Crippen molar-refractivity contribution in [1.29, 1.82) is 0 Å². The molecule has 1 aliphatic heterocycles. The molecule has 1 aliphatic rings. The number of benzene rings is 1. The summed E-state index contributed by atoms with van der Waals surface area (Å²) < 4.78 is 27.5. The first kappa shape index (κ1) is 29.9. The molecular formula is C29H38N2O8. The minimum Gasteiger partial charge on any atom is -0.493 e. The molecule has 212 valence electrons. The minimum absolute atomic E-state index is 0.0213. The number of unbranched alkanes of at least 4 members (excludes halogenated alkanes) is 1. The van der Waals surface area contributed by atoms with E-state index >= 15 is 0 Å². The van der Waals surface area contributed by atoms with Gasteiger partial charge in [0.25, 0.3) is 5.91 Å². The molecular weight excluding hydrogens is 504 g/mol. The number of methoxy groups -OCH3 is 1. The number of rotatable bonds is 11. The molecule has 3 rings (SSSR count). The number of aromatic nitrogens is 1. The number of nitrogens with one attached hydrogen (secondary N) is 1. The molecule has 1 aromatic carbocycles. The zero-order valence-electron chi connectivity index (χ0n) is 23.0. The standard InChI is InChI=1S/C29H38N2O8/c1-5-6-12-23-19(2)39-29(34)24(17-36-16-22(23)15-21-10-8-7-9-11-21)31-28(33)26-27(38-18-37-20(3)32)25(35-4)13-14-30-26/h7-11,13-14,19,22-24H,5-6,12,15-18H2,1-4H3,(H,31,33)/t19-,22-,23-,24-/m0/s1. The van der Waals surface area contributed by atoms with Gasteiger partial charge in [-0.25, -0.2) is 9.78 Å². The lowest BCUT2D eigenvalue weighted by Gasteiger charge is -2.31. The van der Waals surface area contributed by atoms with Crippen LogP contribution in [0.1, 0.15) is 56.1 Å². The van der Waals surface area contributed by atoms with Gasteiger partial charge in [-0.15, -0.1) is 0 Å². The lowest BCUT2D eigenvalue weighted by Crippen LogP contribution is -2.46. The van der Waals surface area contributed by atoms with Gasteiger partial charge in [-0.2, -0.15) is 0 Å². The van der Waals surface area contributed by atoms with E-state index in [2.05, 4.69) is 29.4 Å². The highest BCUT2D eigenvalue weighted by molar-refractivity contribution is 5.98. The maximum Gasteiger partial charge on any atom is 0.331 e. The van der Waals surface area contributed by atoms with Crippen molar-refractivity contribution in [3.05, 3.63) is 53.9 Å². The predicted octanol–water partition coefficient (Wildman–Crippen LogP) is 3.72. The van der Waals surface area contributed by atoms with Gasteiger partial charge in [0.2, 0.25) is 6.79 Å². The first-order valence-corrected chi connectivity index (χ1v) is 13.3. The maximum atomic E-state index is 13.2. The summed E-state index contributed by atoms with van der Waals surface area (Å²) in [6.45, 7) is 5.20. The summed E-state index contributed by atoms with van der Waals surface area (Å²) in [6.07, 6.45) is 4.75. The van der Waals surface area contributed by atoms with Gasteiger partial charge in [0.05, 0.1) is 20.3 Å². The number of nitrogens with zero attached hydrogens (tertiary/aromatic N) is 1. The molecule has 0 radical (unpaired) electrons. The molecule has 0 aliphatic carbocycles. The molecule has 1 aromatic heterocycles. The second kappa shape index (κ2) is 15.1. The third-order valence-electron chi connectivity index (χ3n) is 6.72. The van der Waals surface area contributed by atoms with Crippen LogP contribution in [0, 0.1) is 11.8 Å². The molecule has 1 fully saturated rings. The van der Waals surface area contributed by atoms with Crippen LogP contribution in [0.3, 0.4) is 0 Å². The summed E-state index contributed by atoms with van der Waals surface area (Å²) >= 11 is 0. The van der Waals surface area contributed by atoms with Crippen LogP contribution in [0.25, 0.3) is 0 Å². The van der Waals surface area contributed by atoms with Gasteiger partial charge in [0, 0.05) is 25.1 Å². The molecule has 1 N–H and O–H groups in total. The number of cyclic esters (lactones) is 1. The third-order valence-corrected chi connectivity index (χ3v) is 6.72. The Morgan fingerprint density at radius 3 is 2.62 bits per heavy atom. The Labute approximate surface area is 229 Å². The molecule has 2 aromatic rings. The first-order chi connectivity index (χ1) is 18.8. The smallest absolute Gasteiger partial charge is 0.331 e. The molecule has 1 saturated heterocycles. The molecule has 10 nitrogen and oxygen atoms in total. The van der Waals surface area contributed by atoms with Crippen LogP contribution in [0.5, 0.6) is 11.5 Å². The molecule has 39 heavy (non-hydrogen) atoms. The Morgan fingerprint density at radius 1 is 1.15 bits per heavy atom. The van der Waals surface area contributed by atoms with Crippen molar-refractivity contribution in [1.82, 2.24) is 10.3 Å². The summed E-state index contributed by atoms with van der Waals surface area (Å²) in [5.41, 5.74) is 1.06. The van der Waals surface area contributed by atoms with Crippen LogP contribution in [-0.4, -0.2) is 62.1 Å². The molecule has 4 atom stereocenters. The van der Waals surface area contributed by atoms with Crippen molar-refractivity contribution in [3.63, 3.8) is 0 Å². The lowest BCUT2D eigenvalue weighted by molar-refractivity contribution is -0.154. The third kappa shape index (κ3) is 8.68. The highest BCUT2D eigenvalue weighted by Gasteiger charge is 2.35. The number of esters is 2. The highest BCUT2D eigenvalue weighted by Crippen LogP contribution is 2.31. The van der Waals surface area contributed by atoms with Gasteiger partial charge in [0.15, 0.2) is 23.2 Å². The summed E-state index contributed by atoms with van der Waals surface area (Å²) in [5, 5.41) is 2.67. The second-order valence-corrected chi connectivity index (χ2v) is 9.55. The Morgan fingerprint density at radius 2 is 1.92 bits per heavy atom. The number of carbonyl (C=O) groups excluding carboxylic acids is 3. The second-order valence-electron chi connectivity index (χ2n) is 9.55. The number of ether oxygens (including phenoxy) is 5. The number of amides is 1. The molecule has 0 spiro atoms. The average molecular weight is 543 g/mol. The zero-order valence-corrected chi connectivity index (χ0v) is 23.0. The van der Waals surface area contributed by atoms with Crippen LogP contribution < -0.4 is 14.8 Å². The van der Waals surface area contributed by atoms with Crippen LogP contribution in [0.4, 0.5) is 0 Å². The fourth-order valence-electron chi connectivity index (χ4n) is 4.69. The molecule has 10 heteroatoms. The largest absolute Gasteiger partial charge is 0.493 e. The maximum absolute atomic E-state index is 13.2. The molecule has 0 bridgehead atoms. The van der Waals surface area contributed by atoms with Gasteiger partial charge in [-0.3, -0.25) is 9.59 Å².